The van der Waals surface area contributed by atoms with Gasteiger partial charge in [0.05, 0.1) is 0 Å². The first kappa shape index (κ1) is 6.22. The van der Waals surface area contributed by atoms with Crippen LogP contribution in [0.25, 0.3) is 0 Å². The van der Waals surface area contributed by atoms with Crippen LogP contribution in [0.1, 0.15) is 0 Å². The summed E-state index contributed by atoms with van der Waals surface area (Å²) < 4.78 is 0. The van der Waals surface area contributed by atoms with E-state index in [0.29, 0.717) is 0 Å². The lowest BCUT2D eigenvalue weighted by atomic mass is 9.96. The molecule has 1 spiro atoms. The van der Waals surface area contributed by atoms with Gasteiger partial charge >= 0.3 is 0 Å². The van der Waals surface area contributed by atoms with Crippen LogP contribution in [0.5, 0.6) is 0 Å². The second-order valence-corrected chi connectivity index (χ2v) is 2.64. The molecule has 0 aromatic carbocycles. The summed E-state index contributed by atoms with van der Waals surface area (Å²) >= 11 is 0. The molecular formula is C8H6O3. The summed E-state index contributed by atoms with van der Waals surface area (Å²) in [6, 6.07) is 0. The maximum atomic E-state index is 10.6. The molecule has 0 aliphatic heterocycles. The van der Waals surface area contributed by atoms with E-state index < -0.39 is 5.41 Å². The molecule has 0 aromatic rings. The number of allylic oxidation sites excluding steroid dienone is 4. The lowest BCUT2D eigenvalue weighted by Gasteiger charge is -2.06. The molecule has 2 aliphatic rings. The van der Waals surface area contributed by atoms with Gasteiger partial charge < -0.3 is 10.2 Å². The van der Waals surface area contributed by atoms with Crippen LogP contribution in [0.4, 0.5) is 0 Å². The van der Waals surface area contributed by atoms with Crippen molar-refractivity contribution in [3.63, 3.8) is 0 Å². The van der Waals surface area contributed by atoms with Gasteiger partial charge in [0.2, 0.25) is 0 Å². The van der Waals surface area contributed by atoms with Crippen LogP contribution in [-0.2, 0) is 4.79 Å². The number of aliphatic hydroxyl groups is 2. The smallest absolute Gasteiger partial charge is 0.178 e. The second-order valence-electron chi connectivity index (χ2n) is 2.64. The average Bonchev–Trinajstić information content (AvgIpc) is 2.50. The van der Waals surface area contributed by atoms with Crippen molar-refractivity contribution in [1.82, 2.24) is 0 Å². The van der Waals surface area contributed by atoms with Crippen molar-refractivity contribution < 1.29 is 15.0 Å². The van der Waals surface area contributed by atoms with Gasteiger partial charge in [-0.1, -0.05) is 12.2 Å². The van der Waals surface area contributed by atoms with E-state index in [1.165, 1.54) is 24.3 Å². The standard InChI is InChI=1S/C8H6O3/c9-5-1-3-8(4-2-5)6(10)7(8)11/h1-4,10-11H. The predicted molar refractivity (Wildman–Crippen MR) is 38.0 cm³/mol. The quantitative estimate of drug-likeness (QED) is 0.541. The molecule has 0 atom stereocenters. The third-order valence-corrected chi connectivity index (χ3v) is 1.97. The Balaban J connectivity index is 2.31. The molecule has 0 amide bonds. The molecular weight excluding hydrogens is 144 g/mol. The number of rotatable bonds is 0. The highest BCUT2D eigenvalue weighted by atomic mass is 16.3. The summed E-state index contributed by atoms with van der Waals surface area (Å²) in [5.74, 6) is -0.238. The minimum atomic E-state index is -0.812. The molecule has 56 valence electrons. The molecule has 0 fully saturated rings. The minimum Gasteiger partial charge on any atom is -0.507 e. The number of hydrogen-bond donors (Lipinski definition) is 2. The first-order valence-electron chi connectivity index (χ1n) is 3.22. The van der Waals surface area contributed by atoms with Crippen molar-refractivity contribution in [2.24, 2.45) is 5.41 Å². The van der Waals surface area contributed by atoms with Gasteiger partial charge in [-0.2, -0.15) is 0 Å². The highest BCUT2D eigenvalue weighted by molar-refractivity contribution is 6.01. The molecule has 0 aromatic heterocycles. The van der Waals surface area contributed by atoms with E-state index in [4.69, 9.17) is 10.2 Å². The molecule has 0 saturated heterocycles. The van der Waals surface area contributed by atoms with Gasteiger partial charge in [-0.25, -0.2) is 0 Å². The zero-order chi connectivity index (χ0) is 8.06. The van der Waals surface area contributed by atoms with E-state index in [1.54, 1.807) is 0 Å². The number of carbonyl (C=O) groups excluding carboxylic acids is 1. The number of hydrogen-bond acceptors (Lipinski definition) is 3. The van der Waals surface area contributed by atoms with Gasteiger partial charge in [0, 0.05) is 0 Å². The Labute approximate surface area is 63.0 Å². The zero-order valence-corrected chi connectivity index (χ0v) is 5.61. The van der Waals surface area contributed by atoms with Crippen molar-refractivity contribution in [3.05, 3.63) is 35.8 Å². The Bertz CT molecular complexity index is 290. The van der Waals surface area contributed by atoms with E-state index >= 15 is 0 Å². The summed E-state index contributed by atoms with van der Waals surface area (Å²) in [7, 11) is 0. The van der Waals surface area contributed by atoms with E-state index in [0.717, 1.165) is 0 Å². The van der Waals surface area contributed by atoms with E-state index in [-0.39, 0.29) is 17.3 Å². The summed E-state index contributed by atoms with van der Waals surface area (Å²) in [5.41, 5.74) is -0.812. The van der Waals surface area contributed by atoms with Gasteiger partial charge in [-0.3, -0.25) is 4.79 Å². The van der Waals surface area contributed by atoms with Crippen LogP contribution >= 0.6 is 0 Å². The molecule has 3 heteroatoms. The van der Waals surface area contributed by atoms with Crippen LogP contribution in [0.3, 0.4) is 0 Å². The van der Waals surface area contributed by atoms with Crippen LogP contribution in [0, 0.1) is 5.41 Å². The van der Waals surface area contributed by atoms with Gasteiger partial charge in [-0.05, 0) is 12.2 Å². The van der Waals surface area contributed by atoms with Crippen molar-refractivity contribution >= 4 is 5.78 Å². The monoisotopic (exact) mass is 150 g/mol. The van der Waals surface area contributed by atoms with Crippen LogP contribution < -0.4 is 0 Å². The van der Waals surface area contributed by atoms with E-state index in [1.807, 2.05) is 0 Å². The third-order valence-electron chi connectivity index (χ3n) is 1.97. The number of carbonyl (C=O) groups is 1. The Morgan fingerprint density at radius 1 is 1.09 bits per heavy atom. The molecule has 0 unspecified atom stereocenters. The molecule has 2 aliphatic carbocycles. The van der Waals surface area contributed by atoms with Gasteiger partial charge in [0.15, 0.2) is 17.3 Å². The highest BCUT2D eigenvalue weighted by Crippen LogP contribution is 2.52. The first-order valence-corrected chi connectivity index (χ1v) is 3.22. The topological polar surface area (TPSA) is 57.5 Å². The normalized spacial score (nSPS) is 24.9. The van der Waals surface area contributed by atoms with Crippen molar-refractivity contribution in [2.45, 2.75) is 0 Å². The fraction of sp³-hybridized carbons (Fsp3) is 0.125. The molecule has 0 radical (unpaired) electrons. The molecule has 2 N–H and O–H groups in total. The lowest BCUT2D eigenvalue weighted by Crippen LogP contribution is -2.06. The summed E-state index contributed by atoms with van der Waals surface area (Å²) in [6.45, 7) is 0. The molecule has 0 heterocycles. The molecule has 2 rings (SSSR count). The second kappa shape index (κ2) is 1.56. The van der Waals surface area contributed by atoms with Crippen LogP contribution in [0.2, 0.25) is 0 Å². The van der Waals surface area contributed by atoms with Crippen molar-refractivity contribution in [2.75, 3.05) is 0 Å². The maximum Gasteiger partial charge on any atom is 0.178 e. The lowest BCUT2D eigenvalue weighted by molar-refractivity contribution is -0.110. The largest absolute Gasteiger partial charge is 0.507 e. The molecule has 0 bridgehead atoms. The molecule has 0 saturated carbocycles. The van der Waals surface area contributed by atoms with E-state index in [9.17, 15) is 4.79 Å². The predicted octanol–water partition coefficient (Wildman–Crippen LogP) is 1.01. The van der Waals surface area contributed by atoms with Gasteiger partial charge in [0.25, 0.3) is 0 Å². The molecule has 11 heavy (non-hydrogen) atoms. The number of ketones is 1. The fourth-order valence-corrected chi connectivity index (χ4v) is 1.14. The Hall–Kier alpha value is -1.51. The minimum absolute atomic E-state index is 0.0579. The SMILES string of the molecule is O=C1C=CC2(C=C1)C(O)=C2O. The van der Waals surface area contributed by atoms with Crippen LogP contribution in [0.15, 0.2) is 35.8 Å². The van der Waals surface area contributed by atoms with Crippen LogP contribution in [-0.4, -0.2) is 16.0 Å². The first-order chi connectivity index (χ1) is 5.17. The van der Waals surface area contributed by atoms with Crippen molar-refractivity contribution in [1.29, 1.82) is 0 Å². The van der Waals surface area contributed by atoms with Gasteiger partial charge in [0.1, 0.15) is 5.41 Å². The third kappa shape index (κ3) is 0.596. The highest BCUT2D eigenvalue weighted by Gasteiger charge is 2.52. The summed E-state index contributed by atoms with van der Waals surface area (Å²) in [6.07, 6.45) is 5.64. The number of aliphatic hydroxyl groups excluding tert-OH is 2. The maximum absolute atomic E-state index is 10.6. The van der Waals surface area contributed by atoms with Gasteiger partial charge in [-0.15, -0.1) is 0 Å². The Morgan fingerprint density at radius 3 is 1.91 bits per heavy atom. The average molecular weight is 150 g/mol. The Kier molecular flexibility index (Phi) is 0.880. The Morgan fingerprint density at radius 2 is 1.55 bits per heavy atom. The zero-order valence-electron chi connectivity index (χ0n) is 5.61. The summed E-state index contributed by atoms with van der Waals surface area (Å²) in [5, 5.41) is 18.0. The fourth-order valence-electron chi connectivity index (χ4n) is 1.14. The van der Waals surface area contributed by atoms with E-state index in [2.05, 4.69) is 0 Å². The summed E-state index contributed by atoms with van der Waals surface area (Å²) in [4.78, 5) is 10.6. The molecule has 3 nitrogen and oxygen atoms in total. The van der Waals surface area contributed by atoms with Crippen molar-refractivity contribution in [3.8, 4) is 0 Å².